The number of thiazole rings is 1. The fraction of sp³-hybridized carbons (Fsp3) is 0.0357. The van der Waals surface area contributed by atoms with E-state index in [0.29, 0.717) is 9.33 Å². The van der Waals surface area contributed by atoms with Crippen molar-refractivity contribution in [2.75, 3.05) is 0 Å². The van der Waals surface area contributed by atoms with Crippen LogP contribution in [0.2, 0.25) is 0 Å². The first-order valence-electron chi connectivity index (χ1n) is 11.3. The predicted molar refractivity (Wildman–Crippen MR) is 140 cm³/mol. The van der Waals surface area contributed by atoms with Crippen LogP contribution in [-0.2, 0) is 0 Å². The van der Waals surface area contributed by atoms with E-state index in [1.165, 1.54) is 11.3 Å². The second-order valence-electron chi connectivity index (χ2n) is 8.50. The third-order valence-corrected chi connectivity index (χ3v) is 7.43. The smallest absolute Gasteiger partial charge is 0.271 e. The van der Waals surface area contributed by atoms with E-state index in [4.69, 9.17) is 4.99 Å². The number of pyridine rings is 1. The summed E-state index contributed by atoms with van der Waals surface area (Å²) in [5.41, 5.74) is 5.80. The molecule has 5 heterocycles. The van der Waals surface area contributed by atoms with Gasteiger partial charge in [0.2, 0.25) is 0 Å². The Bertz CT molecular complexity index is 1940. The molecule has 1 aliphatic rings. The maximum atomic E-state index is 13.8. The molecule has 6 nitrogen and oxygen atoms in total. The van der Waals surface area contributed by atoms with E-state index < -0.39 is 0 Å². The Hall–Kier alpha value is -4.49. The van der Waals surface area contributed by atoms with E-state index in [9.17, 15) is 4.79 Å². The van der Waals surface area contributed by atoms with Crippen LogP contribution in [0.25, 0.3) is 33.6 Å². The fourth-order valence-corrected chi connectivity index (χ4v) is 5.78. The molecule has 1 unspecified atom stereocenters. The number of benzene rings is 2. The molecule has 2 N–H and O–H groups in total. The van der Waals surface area contributed by atoms with Crippen LogP contribution in [0.4, 0.5) is 0 Å². The molecular formula is C28H19N5OS. The van der Waals surface area contributed by atoms with Gasteiger partial charge in [-0.3, -0.25) is 14.3 Å². The maximum absolute atomic E-state index is 13.8. The molecule has 7 heteroatoms. The highest BCUT2D eigenvalue weighted by Crippen LogP contribution is 2.31. The van der Waals surface area contributed by atoms with E-state index in [2.05, 4.69) is 33.2 Å². The average molecular weight is 474 g/mol. The Morgan fingerprint density at radius 1 is 0.914 bits per heavy atom. The number of H-pyrrole nitrogens is 2. The summed E-state index contributed by atoms with van der Waals surface area (Å²) in [7, 11) is 0. The standard InChI is InChI=1S/C28H19N5OS/c34-27-26(12-18-15-30-22-9-3-1-7-19(18)22)35-28-32-24(17-6-5-11-29-14-17)13-25(33(27)28)21-16-31-23-10-4-2-8-20(21)23/h1-16,25,30-31H/b26-12+. The number of allylic oxidation sites excluding steroid dienone is 1. The van der Waals surface area contributed by atoms with Gasteiger partial charge < -0.3 is 9.97 Å². The van der Waals surface area contributed by atoms with Crippen molar-refractivity contribution in [1.29, 1.82) is 0 Å². The van der Waals surface area contributed by atoms with E-state index in [-0.39, 0.29) is 11.6 Å². The van der Waals surface area contributed by atoms with Crippen LogP contribution < -0.4 is 14.9 Å². The molecule has 0 saturated carbocycles. The molecule has 6 aromatic rings. The highest BCUT2D eigenvalue weighted by Gasteiger charge is 2.24. The Morgan fingerprint density at radius 3 is 2.51 bits per heavy atom. The van der Waals surface area contributed by atoms with E-state index >= 15 is 0 Å². The van der Waals surface area contributed by atoms with Crippen LogP contribution in [0.15, 0.2) is 101 Å². The van der Waals surface area contributed by atoms with Crippen molar-refractivity contribution in [3.63, 3.8) is 0 Å². The topological polar surface area (TPSA) is 78.8 Å². The van der Waals surface area contributed by atoms with Gasteiger partial charge in [0.05, 0.1) is 16.3 Å². The number of hydrogen-bond donors (Lipinski definition) is 2. The van der Waals surface area contributed by atoms with E-state index in [0.717, 1.165) is 44.2 Å². The molecule has 0 saturated heterocycles. The molecule has 7 rings (SSSR count). The lowest BCUT2D eigenvalue weighted by Crippen LogP contribution is -2.36. The lowest BCUT2D eigenvalue weighted by atomic mass is 10.0. The predicted octanol–water partition coefficient (Wildman–Crippen LogP) is 4.36. The molecule has 1 aliphatic heterocycles. The fourth-order valence-electron chi connectivity index (χ4n) is 4.77. The Kier molecular flexibility index (Phi) is 4.43. The van der Waals surface area contributed by atoms with Gasteiger partial charge in [0.15, 0.2) is 4.80 Å². The minimum absolute atomic E-state index is 0.0456. The number of para-hydroxylation sites is 2. The molecular weight excluding hydrogens is 454 g/mol. The van der Waals surface area contributed by atoms with Crippen molar-refractivity contribution in [2.24, 2.45) is 4.99 Å². The number of hydrogen-bond acceptors (Lipinski definition) is 4. The van der Waals surface area contributed by atoms with Gasteiger partial charge in [-0.05, 0) is 36.4 Å². The summed E-state index contributed by atoms with van der Waals surface area (Å²) < 4.78 is 2.46. The molecule has 0 fully saturated rings. The summed E-state index contributed by atoms with van der Waals surface area (Å²) in [5, 5.41) is 2.18. The van der Waals surface area contributed by atoms with Crippen LogP contribution in [-0.4, -0.2) is 19.5 Å². The average Bonchev–Trinajstić information content (AvgIpc) is 3.60. The van der Waals surface area contributed by atoms with Gasteiger partial charge in [-0.15, -0.1) is 0 Å². The Morgan fingerprint density at radius 2 is 1.69 bits per heavy atom. The summed E-state index contributed by atoms with van der Waals surface area (Å²) in [6.45, 7) is 0. The van der Waals surface area contributed by atoms with Gasteiger partial charge in [-0.25, -0.2) is 4.99 Å². The van der Waals surface area contributed by atoms with Gasteiger partial charge in [0.25, 0.3) is 5.56 Å². The second kappa shape index (κ2) is 7.78. The Balaban J connectivity index is 1.49. The van der Waals surface area contributed by atoms with Crippen molar-refractivity contribution in [3.05, 3.63) is 128 Å². The lowest BCUT2D eigenvalue weighted by molar-refractivity contribution is 0.648. The summed E-state index contributed by atoms with van der Waals surface area (Å²) in [4.78, 5) is 30.3. The maximum Gasteiger partial charge on any atom is 0.271 e. The molecule has 4 aromatic heterocycles. The van der Waals surface area contributed by atoms with Gasteiger partial charge in [-0.2, -0.15) is 0 Å². The van der Waals surface area contributed by atoms with Crippen LogP contribution in [0.3, 0.4) is 0 Å². The molecule has 1 atom stereocenters. The summed E-state index contributed by atoms with van der Waals surface area (Å²) in [6, 6.07) is 19.9. The zero-order valence-corrected chi connectivity index (χ0v) is 19.3. The third-order valence-electron chi connectivity index (χ3n) is 6.45. The van der Waals surface area contributed by atoms with Crippen LogP contribution >= 0.6 is 11.3 Å². The molecule has 0 aliphatic carbocycles. The van der Waals surface area contributed by atoms with Crippen molar-refractivity contribution < 1.29 is 0 Å². The SMILES string of the molecule is O=c1/c(=C\c2c[nH]c3ccccc23)sc2n1C(c1c[nH]c3ccccc13)C=C(c1cccnc1)N=2. The minimum Gasteiger partial charge on any atom is -0.361 e. The monoisotopic (exact) mass is 473 g/mol. The third kappa shape index (κ3) is 3.20. The number of nitrogens with zero attached hydrogens (tertiary/aromatic N) is 3. The van der Waals surface area contributed by atoms with Crippen LogP contribution in [0.1, 0.15) is 22.7 Å². The molecule has 0 amide bonds. The first-order valence-corrected chi connectivity index (χ1v) is 12.1. The van der Waals surface area contributed by atoms with Gasteiger partial charge >= 0.3 is 0 Å². The van der Waals surface area contributed by atoms with Gasteiger partial charge in [0.1, 0.15) is 0 Å². The van der Waals surface area contributed by atoms with Crippen molar-refractivity contribution in [1.82, 2.24) is 19.5 Å². The number of nitrogens with one attached hydrogen (secondary N) is 2. The lowest BCUT2D eigenvalue weighted by Gasteiger charge is -2.19. The molecule has 0 radical (unpaired) electrons. The first kappa shape index (κ1) is 19.9. The molecule has 35 heavy (non-hydrogen) atoms. The number of aromatic nitrogens is 4. The quantitative estimate of drug-likeness (QED) is 0.401. The normalized spacial score (nSPS) is 15.8. The Labute approximate surface area is 203 Å². The molecule has 168 valence electrons. The van der Waals surface area contributed by atoms with Crippen LogP contribution in [0, 0.1) is 0 Å². The van der Waals surface area contributed by atoms with E-state index in [1.54, 1.807) is 10.8 Å². The van der Waals surface area contributed by atoms with Crippen LogP contribution in [0.5, 0.6) is 0 Å². The number of rotatable bonds is 3. The number of fused-ring (bicyclic) bond motifs is 3. The highest BCUT2D eigenvalue weighted by molar-refractivity contribution is 7.07. The summed E-state index contributed by atoms with van der Waals surface area (Å²) in [6.07, 6.45) is 11.5. The molecule has 0 spiro atoms. The first-order chi connectivity index (χ1) is 17.3. The number of aromatic amines is 2. The van der Waals surface area contributed by atoms with Crippen molar-refractivity contribution in [2.45, 2.75) is 6.04 Å². The highest BCUT2D eigenvalue weighted by atomic mass is 32.1. The van der Waals surface area contributed by atoms with E-state index in [1.807, 2.05) is 73.2 Å². The van der Waals surface area contributed by atoms with Gasteiger partial charge in [0, 0.05) is 63.3 Å². The molecule has 2 aromatic carbocycles. The molecule has 0 bridgehead atoms. The van der Waals surface area contributed by atoms with Gasteiger partial charge in [-0.1, -0.05) is 47.7 Å². The largest absolute Gasteiger partial charge is 0.361 e. The summed E-state index contributed by atoms with van der Waals surface area (Å²) >= 11 is 1.42. The minimum atomic E-state index is -0.289. The summed E-state index contributed by atoms with van der Waals surface area (Å²) in [5.74, 6) is 0. The van der Waals surface area contributed by atoms with Crippen molar-refractivity contribution in [3.8, 4) is 0 Å². The van der Waals surface area contributed by atoms with Crippen molar-refractivity contribution >= 4 is 44.9 Å². The second-order valence-corrected chi connectivity index (χ2v) is 9.51. The zero-order chi connectivity index (χ0) is 23.4. The zero-order valence-electron chi connectivity index (χ0n) is 18.5.